The first kappa shape index (κ1) is 19.0. The van der Waals surface area contributed by atoms with Crippen molar-refractivity contribution in [2.45, 2.75) is 25.7 Å². The number of hydrogen-bond donors (Lipinski definition) is 2. The van der Waals surface area contributed by atoms with Crippen LogP contribution in [0.5, 0.6) is 0 Å². The van der Waals surface area contributed by atoms with Crippen molar-refractivity contribution in [2.24, 2.45) is 0 Å². The molecule has 0 aliphatic rings. The van der Waals surface area contributed by atoms with Crippen LogP contribution in [-0.2, 0) is 14.8 Å². The maximum Gasteiger partial charge on any atom is 0.241 e. The highest BCUT2D eigenvalue weighted by Gasteiger charge is 2.18. The van der Waals surface area contributed by atoms with Crippen LogP contribution in [0.2, 0.25) is 0 Å². The van der Waals surface area contributed by atoms with Crippen molar-refractivity contribution in [1.82, 2.24) is 4.72 Å². The highest BCUT2D eigenvalue weighted by molar-refractivity contribution is 7.89. The SMILES string of the molecule is Cc1cc(C)c(NC(=O)CNS(=O)(=O)c2ccc(F)c(F)c2)c(C)c1. The number of anilines is 1. The van der Waals surface area contributed by atoms with Crippen LogP contribution in [0.3, 0.4) is 0 Å². The Kier molecular flexibility index (Phi) is 5.54. The van der Waals surface area contributed by atoms with Crippen molar-refractivity contribution >= 4 is 21.6 Å². The molecule has 0 fully saturated rings. The molecule has 134 valence electrons. The van der Waals surface area contributed by atoms with E-state index in [1.807, 2.05) is 32.9 Å². The van der Waals surface area contributed by atoms with Crippen molar-refractivity contribution in [2.75, 3.05) is 11.9 Å². The number of nitrogens with one attached hydrogen (secondary N) is 2. The van der Waals surface area contributed by atoms with E-state index in [1.165, 1.54) is 0 Å². The molecule has 0 aliphatic heterocycles. The Morgan fingerprint density at radius 1 is 1.00 bits per heavy atom. The summed E-state index contributed by atoms with van der Waals surface area (Å²) in [6.45, 7) is 5.07. The molecule has 0 saturated carbocycles. The highest BCUT2D eigenvalue weighted by Crippen LogP contribution is 2.21. The molecule has 0 unspecified atom stereocenters. The molecule has 0 saturated heterocycles. The van der Waals surface area contributed by atoms with Gasteiger partial charge in [-0.1, -0.05) is 17.7 Å². The van der Waals surface area contributed by atoms with Crippen LogP contribution in [0.4, 0.5) is 14.5 Å². The summed E-state index contributed by atoms with van der Waals surface area (Å²) >= 11 is 0. The van der Waals surface area contributed by atoms with E-state index in [0.717, 1.165) is 22.8 Å². The van der Waals surface area contributed by atoms with Crippen molar-refractivity contribution in [1.29, 1.82) is 0 Å². The predicted octanol–water partition coefficient (Wildman–Crippen LogP) is 2.81. The van der Waals surface area contributed by atoms with Gasteiger partial charge >= 0.3 is 0 Å². The number of hydrogen-bond acceptors (Lipinski definition) is 3. The molecule has 2 aromatic rings. The van der Waals surface area contributed by atoms with Gasteiger partial charge in [0.15, 0.2) is 11.6 Å². The van der Waals surface area contributed by atoms with Crippen LogP contribution in [0.25, 0.3) is 0 Å². The summed E-state index contributed by atoms with van der Waals surface area (Å²) in [5.41, 5.74) is 3.37. The normalized spacial score (nSPS) is 11.4. The lowest BCUT2D eigenvalue weighted by Gasteiger charge is -2.13. The molecule has 0 spiro atoms. The van der Waals surface area contributed by atoms with Gasteiger partial charge in [-0.15, -0.1) is 0 Å². The van der Waals surface area contributed by atoms with Gasteiger partial charge in [-0.25, -0.2) is 21.9 Å². The molecule has 0 aromatic heterocycles. The number of aryl methyl sites for hydroxylation is 3. The van der Waals surface area contributed by atoms with Crippen LogP contribution in [-0.4, -0.2) is 20.9 Å². The van der Waals surface area contributed by atoms with Crippen molar-refractivity contribution < 1.29 is 22.0 Å². The first-order valence-electron chi connectivity index (χ1n) is 7.42. The number of carbonyl (C=O) groups excluding carboxylic acids is 1. The minimum atomic E-state index is -4.13. The van der Waals surface area contributed by atoms with Crippen LogP contribution in [0, 0.1) is 32.4 Å². The second-order valence-corrected chi connectivity index (χ2v) is 7.49. The standard InChI is InChI=1S/C17H18F2N2O3S/c1-10-6-11(2)17(12(3)7-10)21-16(22)9-20-25(23,24)13-4-5-14(18)15(19)8-13/h4-8,20H,9H2,1-3H3,(H,21,22). The second-order valence-electron chi connectivity index (χ2n) is 5.72. The first-order valence-corrected chi connectivity index (χ1v) is 8.91. The van der Waals surface area contributed by atoms with E-state index in [2.05, 4.69) is 10.0 Å². The fourth-order valence-electron chi connectivity index (χ4n) is 2.45. The molecule has 0 radical (unpaired) electrons. The maximum absolute atomic E-state index is 13.2. The Hall–Kier alpha value is -2.32. The molecule has 0 heterocycles. The number of rotatable bonds is 5. The van der Waals surface area contributed by atoms with Crippen LogP contribution >= 0.6 is 0 Å². The van der Waals surface area contributed by atoms with Crippen molar-refractivity contribution in [3.8, 4) is 0 Å². The zero-order valence-corrected chi connectivity index (χ0v) is 14.8. The van der Waals surface area contributed by atoms with Gasteiger partial charge in [0.2, 0.25) is 15.9 Å². The van der Waals surface area contributed by atoms with Crippen LogP contribution < -0.4 is 10.0 Å². The van der Waals surface area contributed by atoms with E-state index in [9.17, 15) is 22.0 Å². The van der Waals surface area contributed by atoms with Gasteiger partial charge in [-0.2, -0.15) is 0 Å². The van der Waals surface area contributed by atoms with E-state index >= 15 is 0 Å². The number of sulfonamides is 1. The first-order chi connectivity index (χ1) is 11.6. The van der Waals surface area contributed by atoms with Gasteiger partial charge < -0.3 is 5.32 Å². The van der Waals surface area contributed by atoms with Crippen molar-refractivity contribution in [3.05, 3.63) is 58.7 Å². The summed E-state index contributed by atoms with van der Waals surface area (Å²) in [6.07, 6.45) is 0. The van der Waals surface area contributed by atoms with Gasteiger partial charge in [0.25, 0.3) is 0 Å². The molecular formula is C17H18F2N2O3S. The molecule has 0 bridgehead atoms. The van der Waals surface area contributed by atoms with E-state index < -0.39 is 39.0 Å². The van der Waals surface area contributed by atoms with E-state index in [4.69, 9.17) is 0 Å². The Morgan fingerprint density at radius 3 is 2.16 bits per heavy atom. The smallest absolute Gasteiger partial charge is 0.241 e. The minimum absolute atomic E-state index is 0.457. The third-order valence-corrected chi connectivity index (χ3v) is 4.96. The summed E-state index contributed by atoms with van der Waals surface area (Å²) < 4.78 is 52.2. The van der Waals surface area contributed by atoms with Gasteiger partial charge in [0.1, 0.15) is 0 Å². The molecule has 2 aromatic carbocycles. The summed E-state index contributed by atoms with van der Waals surface area (Å²) in [5.74, 6) is -3.00. The molecule has 1 amide bonds. The van der Waals surface area contributed by atoms with E-state index in [1.54, 1.807) is 0 Å². The average Bonchev–Trinajstić information content (AvgIpc) is 2.51. The lowest BCUT2D eigenvalue weighted by molar-refractivity contribution is -0.115. The molecule has 25 heavy (non-hydrogen) atoms. The van der Waals surface area contributed by atoms with Crippen LogP contribution in [0.1, 0.15) is 16.7 Å². The lowest BCUT2D eigenvalue weighted by atomic mass is 10.1. The molecule has 2 rings (SSSR count). The topological polar surface area (TPSA) is 75.3 Å². The highest BCUT2D eigenvalue weighted by atomic mass is 32.2. The predicted molar refractivity (Wildman–Crippen MR) is 90.8 cm³/mol. The zero-order chi connectivity index (χ0) is 18.8. The van der Waals surface area contributed by atoms with E-state index in [0.29, 0.717) is 17.8 Å². The third-order valence-electron chi connectivity index (χ3n) is 3.57. The lowest BCUT2D eigenvalue weighted by Crippen LogP contribution is -2.33. The largest absolute Gasteiger partial charge is 0.324 e. The molecule has 5 nitrogen and oxygen atoms in total. The van der Waals surface area contributed by atoms with Crippen molar-refractivity contribution in [3.63, 3.8) is 0 Å². The maximum atomic E-state index is 13.2. The van der Waals surface area contributed by atoms with Gasteiger partial charge in [0, 0.05) is 5.69 Å². The minimum Gasteiger partial charge on any atom is -0.324 e. The summed E-state index contributed by atoms with van der Waals surface area (Å²) in [4.78, 5) is 11.6. The Labute approximate surface area is 145 Å². The van der Waals surface area contributed by atoms with Gasteiger partial charge in [0.05, 0.1) is 11.4 Å². The van der Waals surface area contributed by atoms with Gasteiger partial charge in [-0.05, 0) is 50.1 Å². The molecule has 8 heteroatoms. The number of carbonyl (C=O) groups is 1. The third kappa shape index (κ3) is 4.61. The average molecular weight is 368 g/mol. The fraction of sp³-hybridized carbons (Fsp3) is 0.235. The Morgan fingerprint density at radius 2 is 1.60 bits per heavy atom. The van der Waals surface area contributed by atoms with Gasteiger partial charge in [-0.3, -0.25) is 4.79 Å². The number of amides is 1. The molecule has 0 aliphatic carbocycles. The summed E-state index contributed by atoms with van der Waals surface area (Å²) in [7, 11) is -4.13. The molecule has 2 N–H and O–H groups in total. The zero-order valence-electron chi connectivity index (χ0n) is 14.0. The second kappa shape index (κ2) is 7.28. The number of halogens is 2. The van der Waals surface area contributed by atoms with Crippen LogP contribution in [0.15, 0.2) is 35.2 Å². The summed E-state index contributed by atoms with van der Waals surface area (Å²) in [5, 5.41) is 2.65. The summed E-state index contributed by atoms with van der Waals surface area (Å²) in [6, 6.07) is 5.99. The molecular weight excluding hydrogens is 350 g/mol. The Bertz CT molecular complexity index is 904. The number of benzene rings is 2. The Balaban J connectivity index is 2.08. The fourth-order valence-corrected chi connectivity index (χ4v) is 3.44. The molecule has 0 atom stereocenters. The van der Waals surface area contributed by atoms with E-state index in [-0.39, 0.29) is 0 Å². The monoisotopic (exact) mass is 368 g/mol. The quantitative estimate of drug-likeness (QED) is 0.852.